The molecule has 138 valence electrons. The molecule has 0 radical (unpaired) electrons. The topological polar surface area (TPSA) is 109 Å². The first-order chi connectivity index (χ1) is 14.4. The van der Waals surface area contributed by atoms with Crippen LogP contribution in [0.25, 0.3) is 55.8 Å². The Bertz CT molecular complexity index is 1450. The number of hydrogen-bond donors (Lipinski definition) is 2. The second kappa shape index (κ2) is 6.10. The van der Waals surface area contributed by atoms with E-state index in [9.17, 15) is 0 Å². The van der Waals surface area contributed by atoms with E-state index in [1.54, 1.807) is 37.3 Å². The van der Waals surface area contributed by atoms with E-state index in [0.717, 1.165) is 50.1 Å². The smallest absolute Gasteiger partial charge is 0.135 e. The van der Waals surface area contributed by atoms with Gasteiger partial charge < -0.3 is 9.40 Å². The van der Waals surface area contributed by atoms with Crippen LogP contribution in [0.1, 0.15) is 0 Å². The monoisotopic (exact) mass is 379 g/mol. The van der Waals surface area contributed by atoms with Crippen LogP contribution in [0.5, 0.6) is 0 Å². The lowest BCUT2D eigenvalue weighted by atomic mass is 10.1. The first-order valence-electron chi connectivity index (χ1n) is 8.98. The number of nitrogens with one attached hydrogen (secondary N) is 2. The van der Waals surface area contributed by atoms with Crippen molar-refractivity contribution < 1.29 is 4.42 Å². The Morgan fingerprint density at radius 1 is 0.897 bits per heavy atom. The molecule has 0 saturated carbocycles. The summed E-state index contributed by atoms with van der Waals surface area (Å²) in [6.45, 7) is 0. The molecule has 0 saturated heterocycles. The van der Waals surface area contributed by atoms with Crippen molar-refractivity contribution in [2.24, 2.45) is 0 Å². The van der Waals surface area contributed by atoms with Gasteiger partial charge in [0.1, 0.15) is 16.9 Å². The van der Waals surface area contributed by atoms with Crippen LogP contribution in [-0.2, 0) is 0 Å². The fraction of sp³-hybridized carbons (Fsp3) is 0. The van der Waals surface area contributed by atoms with Crippen molar-refractivity contribution in [2.45, 2.75) is 0 Å². The largest absolute Gasteiger partial charge is 0.472 e. The van der Waals surface area contributed by atoms with Gasteiger partial charge in [-0.1, -0.05) is 0 Å². The van der Waals surface area contributed by atoms with E-state index in [4.69, 9.17) is 9.40 Å². The maximum absolute atomic E-state index is 5.23. The van der Waals surface area contributed by atoms with Crippen LogP contribution in [0.4, 0.5) is 0 Å². The molecule has 0 aliphatic heterocycles. The molecule has 6 aromatic heterocycles. The number of aromatic amines is 2. The third-order valence-corrected chi connectivity index (χ3v) is 4.87. The lowest BCUT2D eigenvalue weighted by Crippen LogP contribution is -1.89. The number of hydrogen-bond acceptors (Lipinski definition) is 6. The van der Waals surface area contributed by atoms with Gasteiger partial charge in [0.2, 0.25) is 0 Å². The van der Waals surface area contributed by atoms with E-state index in [0.29, 0.717) is 5.69 Å². The molecule has 0 fully saturated rings. The van der Waals surface area contributed by atoms with Crippen LogP contribution in [-0.4, -0.2) is 35.1 Å². The zero-order valence-corrected chi connectivity index (χ0v) is 15.0. The highest BCUT2D eigenvalue weighted by Gasteiger charge is 2.16. The third kappa shape index (κ3) is 2.50. The van der Waals surface area contributed by atoms with Crippen LogP contribution >= 0.6 is 0 Å². The summed E-state index contributed by atoms with van der Waals surface area (Å²) >= 11 is 0. The van der Waals surface area contributed by atoms with E-state index in [1.807, 2.05) is 24.4 Å². The van der Waals surface area contributed by atoms with Crippen molar-refractivity contribution in [3.05, 3.63) is 67.8 Å². The molecule has 2 N–H and O–H groups in total. The van der Waals surface area contributed by atoms with E-state index in [-0.39, 0.29) is 0 Å². The minimum Gasteiger partial charge on any atom is -0.472 e. The first kappa shape index (κ1) is 15.7. The summed E-state index contributed by atoms with van der Waals surface area (Å²) in [5.74, 6) is 0. The molecule has 6 heterocycles. The van der Waals surface area contributed by atoms with Crippen molar-refractivity contribution in [1.29, 1.82) is 0 Å². The Hall–Kier alpha value is -4.33. The SMILES string of the molecule is c1cnc(-c2ccc3[nH]nc(-c4cc5c(-c6ccoc6)cncc5[nH]4)c3n2)cn1. The van der Waals surface area contributed by atoms with Crippen LogP contribution in [0.3, 0.4) is 0 Å². The second-order valence-corrected chi connectivity index (χ2v) is 6.60. The van der Waals surface area contributed by atoms with Crippen molar-refractivity contribution in [3.63, 3.8) is 0 Å². The molecule has 0 aliphatic rings. The summed E-state index contributed by atoms with van der Waals surface area (Å²) in [7, 11) is 0. The molecular formula is C21H13N7O. The molecule has 6 aromatic rings. The van der Waals surface area contributed by atoms with Crippen molar-refractivity contribution >= 4 is 21.9 Å². The molecular weight excluding hydrogens is 366 g/mol. The van der Waals surface area contributed by atoms with Crippen molar-refractivity contribution in [3.8, 4) is 33.9 Å². The molecule has 8 nitrogen and oxygen atoms in total. The van der Waals surface area contributed by atoms with E-state index >= 15 is 0 Å². The Morgan fingerprint density at radius 2 is 1.90 bits per heavy atom. The molecule has 0 aromatic carbocycles. The predicted molar refractivity (Wildman–Crippen MR) is 108 cm³/mol. The Morgan fingerprint density at radius 3 is 2.76 bits per heavy atom. The van der Waals surface area contributed by atoms with E-state index in [2.05, 4.69) is 36.2 Å². The Labute approximate surface area is 163 Å². The van der Waals surface area contributed by atoms with Gasteiger partial charge in [-0.15, -0.1) is 0 Å². The van der Waals surface area contributed by atoms with Crippen LogP contribution in [0, 0.1) is 0 Å². The summed E-state index contributed by atoms with van der Waals surface area (Å²) < 4.78 is 5.23. The number of aromatic nitrogens is 7. The Balaban J connectivity index is 1.53. The standard InChI is InChI=1S/C21H13N7O/c1-2-16-20(26-15(1)19-10-22-4-5-24-19)21(28-27-16)17-7-13-14(12-3-6-29-11-12)8-23-9-18(13)25-17/h1-11,25H,(H,27,28). The van der Waals surface area contributed by atoms with Gasteiger partial charge in [-0.2, -0.15) is 5.10 Å². The van der Waals surface area contributed by atoms with Gasteiger partial charge in [0.05, 0.1) is 47.3 Å². The van der Waals surface area contributed by atoms with Crippen molar-refractivity contribution in [2.75, 3.05) is 0 Å². The highest BCUT2D eigenvalue weighted by Crippen LogP contribution is 2.33. The van der Waals surface area contributed by atoms with Gasteiger partial charge in [0, 0.05) is 35.1 Å². The third-order valence-electron chi connectivity index (χ3n) is 4.87. The number of furan rings is 1. The predicted octanol–water partition coefficient (Wildman–Crippen LogP) is 4.22. The molecule has 0 aliphatic carbocycles. The molecule has 0 unspecified atom stereocenters. The fourth-order valence-electron chi connectivity index (χ4n) is 3.49. The Kier molecular flexibility index (Phi) is 3.30. The first-order valence-corrected chi connectivity index (χ1v) is 8.98. The van der Waals surface area contributed by atoms with E-state index in [1.165, 1.54) is 0 Å². The molecule has 0 spiro atoms. The highest BCUT2D eigenvalue weighted by molar-refractivity contribution is 5.99. The maximum Gasteiger partial charge on any atom is 0.135 e. The number of fused-ring (bicyclic) bond motifs is 2. The van der Waals surface area contributed by atoms with Gasteiger partial charge in [-0.3, -0.25) is 20.1 Å². The van der Waals surface area contributed by atoms with Gasteiger partial charge in [-0.25, -0.2) is 4.98 Å². The van der Waals surface area contributed by atoms with Crippen LogP contribution < -0.4 is 0 Å². The summed E-state index contributed by atoms with van der Waals surface area (Å²) in [5, 5.41) is 8.59. The van der Waals surface area contributed by atoms with Gasteiger partial charge in [0.25, 0.3) is 0 Å². The summed E-state index contributed by atoms with van der Waals surface area (Å²) in [6.07, 6.45) is 12.0. The molecule has 29 heavy (non-hydrogen) atoms. The van der Waals surface area contributed by atoms with Crippen LogP contribution in [0.2, 0.25) is 0 Å². The summed E-state index contributed by atoms with van der Waals surface area (Å²) in [6, 6.07) is 7.83. The molecule has 0 amide bonds. The maximum atomic E-state index is 5.23. The number of nitrogens with zero attached hydrogens (tertiary/aromatic N) is 5. The lowest BCUT2D eigenvalue weighted by molar-refractivity contribution is 0.568. The normalized spacial score (nSPS) is 11.4. The molecule has 0 bridgehead atoms. The van der Waals surface area contributed by atoms with Gasteiger partial charge in [-0.05, 0) is 24.3 Å². The zero-order valence-electron chi connectivity index (χ0n) is 15.0. The average molecular weight is 379 g/mol. The minimum absolute atomic E-state index is 0.713. The molecule has 0 atom stereocenters. The quantitative estimate of drug-likeness (QED) is 0.476. The second-order valence-electron chi connectivity index (χ2n) is 6.60. The summed E-state index contributed by atoms with van der Waals surface area (Å²) in [5.41, 5.74) is 7.54. The number of H-pyrrole nitrogens is 2. The van der Waals surface area contributed by atoms with Crippen molar-refractivity contribution in [1.82, 2.24) is 35.1 Å². The fourth-order valence-corrected chi connectivity index (χ4v) is 3.49. The zero-order chi connectivity index (χ0) is 19.2. The number of pyridine rings is 2. The highest BCUT2D eigenvalue weighted by atomic mass is 16.3. The number of rotatable bonds is 3. The lowest BCUT2D eigenvalue weighted by Gasteiger charge is -1.99. The average Bonchev–Trinajstić information content (AvgIpc) is 3.52. The summed E-state index contributed by atoms with van der Waals surface area (Å²) in [4.78, 5) is 21.0. The molecule has 6 rings (SSSR count). The van der Waals surface area contributed by atoms with Gasteiger partial charge in [0.15, 0.2) is 0 Å². The van der Waals surface area contributed by atoms with Crippen LogP contribution in [0.15, 0.2) is 72.2 Å². The minimum atomic E-state index is 0.713. The van der Waals surface area contributed by atoms with Gasteiger partial charge >= 0.3 is 0 Å². The molecule has 8 heteroatoms. The van der Waals surface area contributed by atoms with E-state index < -0.39 is 0 Å².